The molecule has 0 amide bonds. The van der Waals surface area contributed by atoms with Gasteiger partial charge in [0, 0.05) is 11.7 Å². The number of nitrogens with zero attached hydrogens (tertiary/aromatic N) is 1. The van der Waals surface area contributed by atoms with Crippen LogP contribution in [0.2, 0.25) is 0 Å². The van der Waals surface area contributed by atoms with Gasteiger partial charge in [0.15, 0.2) is 0 Å². The summed E-state index contributed by atoms with van der Waals surface area (Å²) in [6.07, 6.45) is 3.88. The van der Waals surface area contributed by atoms with Crippen molar-refractivity contribution in [3.63, 3.8) is 0 Å². The van der Waals surface area contributed by atoms with Crippen LogP contribution in [0.25, 0.3) is 0 Å². The topological polar surface area (TPSA) is 35.8 Å². The smallest absolute Gasteiger partial charge is 0.0995 e. The first-order valence-electron chi connectivity index (χ1n) is 5.98. The summed E-state index contributed by atoms with van der Waals surface area (Å²) in [4.78, 5) is 0. The molecule has 2 atom stereocenters. The second-order valence-electron chi connectivity index (χ2n) is 4.75. The highest BCUT2D eigenvalue weighted by molar-refractivity contribution is 5.57. The molecule has 0 heterocycles. The van der Waals surface area contributed by atoms with Crippen LogP contribution in [-0.2, 0) is 0 Å². The van der Waals surface area contributed by atoms with Gasteiger partial charge in [-0.3, -0.25) is 0 Å². The first kappa shape index (κ1) is 11.0. The third-order valence-corrected chi connectivity index (χ3v) is 3.66. The zero-order valence-corrected chi connectivity index (χ0v) is 9.96. The summed E-state index contributed by atoms with van der Waals surface area (Å²) in [5, 5.41) is 12.6. The lowest BCUT2D eigenvalue weighted by molar-refractivity contribution is 0.556. The van der Waals surface area contributed by atoms with E-state index in [1.165, 1.54) is 19.3 Å². The molecule has 2 heteroatoms. The van der Waals surface area contributed by atoms with Gasteiger partial charge in [-0.15, -0.1) is 0 Å². The molecule has 0 saturated heterocycles. The highest BCUT2D eigenvalue weighted by Gasteiger charge is 2.23. The molecule has 2 rings (SSSR count). The molecule has 0 bridgehead atoms. The third-order valence-electron chi connectivity index (χ3n) is 3.66. The maximum Gasteiger partial charge on any atom is 0.0995 e. The first-order chi connectivity index (χ1) is 7.72. The Bertz CT molecular complexity index is 417. The molecule has 0 spiro atoms. The number of nitriles is 1. The highest BCUT2D eigenvalue weighted by atomic mass is 14.9. The van der Waals surface area contributed by atoms with Crippen LogP contribution in [-0.4, -0.2) is 6.04 Å². The Morgan fingerprint density at radius 1 is 1.38 bits per heavy atom. The molecule has 2 nitrogen and oxygen atoms in total. The van der Waals surface area contributed by atoms with Gasteiger partial charge in [0.2, 0.25) is 0 Å². The minimum Gasteiger partial charge on any atom is -0.382 e. The number of hydrogen-bond donors (Lipinski definition) is 1. The molecule has 1 aromatic carbocycles. The molecular formula is C14H18N2. The molecule has 1 N–H and O–H groups in total. The van der Waals surface area contributed by atoms with Crippen LogP contribution >= 0.6 is 0 Å². The van der Waals surface area contributed by atoms with Crippen molar-refractivity contribution in [2.24, 2.45) is 5.92 Å². The van der Waals surface area contributed by atoms with Crippen molar-refractivity contribution in [1.29, 1.82) is 5.26 Å². The van der Waals surface area contributed by atoms with Gasteiger partial charge in [-0.1, -0.05) is 19.4 Å². The summed E-state index contributed by atoms with van der Waals surface area (Å²) in [6.45, 7) is 4.31. The summed E-state index contributed by atoms with van der Waals surface area (Å²) < 4.78 is 0. The average molecular weight is 214 g/mol. The van der Waals surface area contributed by atoms with E-state index >= 15 is 0 Å². The van der Waals surface area contributed by atoms with Crippen molar-refractivity contribution in [1.82, 2.24) is 0 Å². The van der Waals surface area contributed by atoms with E-state index in [4.69, 9.17) is 5.26 Å². The van der Waals surface area contributed by atoms with Crippen molar-refractivity contribution in [2.45, 2.75) is 39.2 Å². The second-order valence-corrected chi connectivity index (χ2v) is 4.75. The molecule has 1 fully saturated rings. The molecule has 16 heavy (non-hydrogen) atoms. The molecular weight excluding hydrogens is 196 g/mol. The molecule has 1 aromatic rings. The third kappa shape index (κ3) is 2.04. The maximum atomic E-state index is 8.98. The monoisotopic (exact) mass is 214 g/mol. The van der Waals surface area contributed by atoms with Crippen LogP contribution in [0.4, 0.5) is 5.69 Å². The van der Waals surface area contributed by atoms with Crippen LogP contribution in [0.5, 0.6) is 0 Å². The van der Waals surface area contributed by atoms with Gasteiger partial charge < -0.3 is 5.32 Å². The largest absolute Gasteiger partial charge is 0.382 e. The second kappa shape index (κ2) is 4.57. The minimum atomic E-state index is 0.577. The fourth-order valence-electron chi connectivity index (χ4n) is 2.47. The standard InChI is InChI=1S/C14H18N2/c1-10-5-3-7-13(10)16-14-8-4-6-12(9-15)11(14)2/h4,6,8,10,13,16H,3,5,7H2,1-2H3. The van der Waals surface area contributed by atoms with E-state index in [1.807, 2.05) is 19.1 Å². The summed E-state index contributed by atoms with van der Waals surface area (Å²) in [6, 6.07) is 8.70. The van der Waals surface area contributed by atoms with Crippen molar-refractivity contribution < 1.29 is 0 Å². The summed E-state index contributed by atoms with van der Waals surface area (Å²) >= 11 is 0. The number of benzene rings is 1. The van der Waals surface area contributed by atoms with Crippen LogP contribution in [0.3, 0.4) is 0 Å². The van der Waals surface area contributed by atoms with E-state index in [0.29, 0.717) is 6.04 Å². The molecule has 0 aromatic heterocycles. The maximum absolute atomic E-state index is 8.98. The predicted octanol–water partition coefficient (Wildman–Crippen LogP) is 3.47. The zero-order chi connectivity index (χ0) is 11.5. The van der Waals surface area contributed by atoms with E-state index in [9.17, 15) is 0 Å². The Hall–Kier alpha value is -1.49. The van der Waals surface area contributed by atoms with E-state index in [2.05, 4.69) is 24.4 Å². The Labute approximate surface area is 97.3 Å². The Balaban J connectivity index is 2.19. The summed E-state index contributed by atoms with van der Waals surface area (Å²) in [5.41, 5.74) is 2.97. The Kier molecular flexibility index (Phi) is 3.14. The van der Waals surface area contributed by atoms with Gasteiger partial charge in [0.1, 0.15) is 0 Å². The predicted molar refractivity (Wildman–Crippen MR) is 66.3 cm³/mol. The molecule has 84 valence electrons. The molecule has 1 aliphatic carbocycles. The minimum absolute atomic E-state index is 0.577. The number of hydrogen-bond acceptors (Lipinski definition) is 2. The van der Waals surface area contributed by atoms with E-state index in [1.54, 1.807) is 0 Å². The Morgan fingerprint density at radius 3 is 2.81 bits per heavy atom. The van der Waals surface area contributed by atoms with Gasteiger partial charge in [-0.25, -0.2) is 0 Å². The van der Waals surface area contributed by atoms with Crippen LogP contribution in [0.1, 0.15) is 37.3 Å². The fraction of sp³-hybridized carbons (Fsp3) is 0.500. The van der Waals surface area contributed by atoms with Crippen molar-refractivity contribution in [3.05, 3.63) is 29.3 Å². The van der Waals surface area contributed by atoms with Crippen molar-refractivity contribution >= 4 is 5.69 Å². The number of anilines is 1. The normalized spacial score (nSPS) is 24.1. The van der Waals surface area contributed by atoms with Gasteiger partial charge in [0.25, 0.3) is 0 Å². The van der Waals surface area contributed by atoms with Crippen molar-refractivity contribution in [3.8, 4) is 6.07 Å². The number of nitrogens with one attached hydrogen (secondary N) is 1. The first-order valence-corrected chi connectivity index (χ1v) is 5.98. The fourth-order valence-corrected chi connectivity index (χ4v) is 2.47. The van der Waals surface area contributed by atoms with E-state index in [-0.39, 0.29) is 0 Å². The zero-order valence-electron chi connectivity index (χ0n) is 9.96. The number of rotatable bonds is 2. The van der Waals surface area contributed by atoms with Crippen molar-refractivity contribution in [2.75, 3.05) is 5.32 Å². The highest BCUT2D eigenvalue weighted by Crippen LogP contribution is 2.29. The van der Waals surface area contributed by atoms with Gasteiger partial charge in [-0.2, -0.15) is 5.26 Å². The molecule has 0 radical (unpaired) electrons. The molecule has 1 saturated carbocycles. The van der Waals surface area contributed by atoms with Gasteiger partial charge in [-0.05, 0) is 43.4 Å². The van der Waals surface area contributed by atoms with E-state index in [0.717, 1.165) is 22.7 Å². The van der Waals surface area contributed by atoms with Crippen LogP contribution in [0, 0.1) is 24.2 Å². The quantitative estimate of drug-likeness (QED) is 0.818. The molecule has 0 aliphatic heterocycles. The SMILES string of the molecule is Cc1c(C#N)cccc1NC1CCCC1C. The average Bonchev–Trinajstić information content (AvgIpc) is 2.68. The lowest BCUT2D eigenvalue weighted by atomic mass is 10.0. The lowest BCUT2D eigenvalue weighted by Gasteiger charge is -2.20. The van der Waals surface area contributed by atoms with Crippen LogP contribution in [0.15, 0.2) is 18.2 Å². The van der Waals surface area contributed by atoms with Gasteiger partial charge >= 0.3 is 0 Å². The summed E-state index contributed by atoms with van der Waals surface area (Å²) in [7, 11) is 0. The Morgan fingerprint density at radius 2 is 2.19 bits per heavy atom. The summed E-state index contributed by atoms with van der Waals surface area (Å²) in [5.74, 6) is 0.741. The lowest BCUT2D eigenvalue weighted by Crippen LogP contribution is -2.22. The van der Waals surface area contributed by atoms with Gasteiger partial charge in [0.05, 0.1) is 11.6 Å². The molecule has 2 unspecified atom stereocenters. The van der Waals surface area contributed by atoms with Crippen LogP contribution < -0.4 is 5.32 Å². The van der Waals surface area contributed by atoms with E-state index < -0.39 is 0 Å². The molecule has 1 aliphatic rings.